The van der Waals surface area contributed by atoms with Crippen LogP contribution in [-0.4, -0.2) is 17.1 Å². The summed E-state index contributed by atoms with van der Waals surface area (Å²) in [5.74, 6) is 6.24. The van der Waals surface area contributed by atoms with Gasteiger partial charge in [0.15, 0.2) is 0 Å². The zero-order valence-electron chi connectivity index (χ0n) is 9.80. The van der Waals surface area contributed by atoms with Crippen molar-refractivity contribution in [2.45, 2.75) is 6.04 Å². The Bertz CT molecular complexity index is 521. The van der Waals surface area contributed by atoms with E-state index < -0.39 is 0 Å². The number of aromatic nitrogens is 2. The van der Waals surface area contributed by atoms with Crippen molar-refractivity contribution in [2.75, 3.05) is 7.11 Å². The summed E-state index contributed by atoms with van der Waals surface area (Å²) in [6.45, 7) is 0. The molecule has 2 rings (SSSR count). The third-order valence-electron chi connectivity index (χ3n) is 2.55. The number of hydrazine groups is 1. The predicted octanol–water partition coefficient (Wildman–Crippen LogP) is 1.69. The summed E-state index contributed by atoms with van der Waals surface area (Å²) >= 11 is 5.93. The monoisotopic (exact) mass is 264 g/mol. The van der Waals surface area contributed by atoms with Gasteiger partial charge in [0.25, 0.3) is 0 Å². The highest BCUT2D eigenvalue weighted by Gasteiger charge is 2.18. The van der Waals surface area contributed by atoms with Crippen LogP contribution < -0.4 is 16.0 Å². The molecule has 18 heavy (non-hydrogen) atoms. The van der Waals surface area contributed by atoms with Crippen LogP contribution in [0.25, 0.3) is 0 Å². The van der Waals surface area contributed by atoms with Crippen molar-refractivity contribution >= 4 is 11.6 Å². The van der Waals surface area contributed by atoms with Crippen molar-refractivity contribution in [2.24, 2.45) is 5.84 Å². The van der Waals surface area contributed by atoms with E-state index in [1.807, 2.05) is 6.07 Å². The Morgan fingerprint density at radius 2 is 2.22 bits per heavy atom. The molecular weight excluding hydrogens is 252 g/mol. The Balaban J connectivity index is 2.45. The zero-order valence-corrected chi connectivity index (χ0v) is 10.6. The molecule has 0 amide bonds. The van der Waals surface area contributed by atoms with E-state index in [0.29, 0.717) is 16.5 Å². The van der Waals surface area contributed by atoms with E-state index in [1.165, 1.54) is 0 Å². The van der Waals surface area contributed by atoms with Gasteiger partial charge in [-0.3, -0.25) is 15.8 Å². The maximum Gasteiger partial charge on any atom is 0.125 e. The number of nitrogens with one attached hydrogen (secondary N) is 1. The molecule has 6 heteroatoms. The average molecular weight is 265 g/mol. The van der Waals surface area contributed by atoms with Gasteiger partial charge in [-0.1, -0.05) is 17.7 Å². The fraction of sp³-hybridized carbons (Fsp3) is 0.167. The normalized spacial score (nSPS) is 12.2. The van der Waals surface area contributed by atoms with E-state index in [0.717, 1.165) is 5.56 Å². The molecular formula is C12H13ClN4O. The van der Waals surface area contributed by atoms with Gasteiger partial charge < -0.3 is 4.74 Å². The highest BCUT2D eigenvalue weighted by atomic mass is 35.5. The predicted molar refractivity (Wildman–Crippen MR) is 69.2 cm³/mol. The van der Waals surface area contributed by atoms with E-state index in [4.69, 9.17) is 22.2 Å². The average Bonchev–Trinajstić information content (AvgIpc) is 2.42. The van der Waals surface area contributed by atoms with Crippen LogP contribution in [0.4, 0.5) is 0 Å². The van der Waals surface area contributed by atoms with Crippen LogP contribution in [0.1, 0.15) is 17.3 Å². The van der Waals surface area contributed by atoms with Gasteiger partial charge in [-0.05, 0) is 12.1 Å². The summed E-state index contributed by atoms with van der Waals surface area (Å²) in [6, 6.07) is 5.06. The largest absolute Gasteiger partial charge is 0.496 e. The smallest absolute Gasteiger partial charge is 0.125 e. The van der Waals surface area contributed by atoms with Gasteiger partial charge in [-0.25, -0.2) is 5.43 Å². The molecule has 0 saturated carbocycles. The molecule has 0 aliphatic heterocycles. The van der Waals surface area contributed by atoms with Crippen molar-refractivity contribution in [3.63, 3.8) is 0 Å². The molecule has 5 nitrogen and oxygen atoms in total. The van der Waals surface area contributed by atoms with E-state index in [-0.39, 0.29) is 6.04 Å². The first kappa shape index (κ1) is 12.8. The molecule has 0 aliphatic rings. The number of benzene rings is 1. The molecule has 0 saturated heterocycles. The number of rotatable bonds is 4. The van der Waals surface area contributed by atoms with Crippen LogP contribution in [0.3, 0.4) is 0 Å². The summed E-state index contributed by atoms with van der Waals surface area (Å²) < 4.78 is 5.30. The van der Waals surface area contributed by atoms with Crippen LogP contribution in [-0.2, 0) is 0 Å². The minimum atomic E-state index is -0.300. The first-order valence-corrected chi connectivity index (χ1v) is 5.69. The van der Waals surface area contributed by atoms with Gasteiger partial charge in [0.05, 0.1) is 25.0 Å². The number of nitrogens with zero attached hydrogens (tertiary/aromatic N) is 2. The van der Waals surface area contributed by atoms with Crippen LogP contribution >= 0.6 is 11.6 Å². The summed E-state index contributed by atoms with van der Waals surface area (Å²) in [5.41, 5.74) is 4.26. The minimum Gasteiger partial charge on any atom is -0.496 e. The Kier molecular flexibility index (Phi) is 4.09. The maximum absolute atomic E-state index is 5.93. The molecule has 94 valence electrons. The van der Waals surface area contributed by atoms with Gasteiger partial charge in [-0.2, -0.15) is 0 Å². The highest BCUT2D eigenvalue weighted by Crippen LogP contribution is 2.30. The fourth-order valence-corrected chi connectivity index (χ4v) is 1.88. The van der Waals surface area contributed by atoms with E-state index in [2.05, 4.69) is 15.4 Å². The van der Waals surface area contributed by atoms with E-state index in [9.17, 15) is 0 Å². The van der Waals surface area contributed by atoms with Crippen molar-refractivity contribution in [3.05, 3.63) is 53.1 Å². The summed E-state index contributed by atoms with van der Waals surface area (Å²) in [4.78, 5) is 8.26. The van der Waals surface area contributed by atoms with Crippen molar-refractivity contribution in [1.29, 1.82) is 0 Å². The molecule has 2 aromatic rings. The molecule has 3 N–H and O–H groups in total. The quantitative estimate of drug-likeness (QED) is 0.649. The minimum absolute atomic E-state index is 0.300. The lowest BCUT2D eigenvalue weighted by Gasteiger charge is -2.18. The summed E-state index contributed by atoms with van der Waals surface area (Å²) in [6.07, 6.45) is 4.87. The fourth-order valence-electron chi connectivity index (χ4n) is 1.72. The number of hydrogen-bond acceptors (Lipinski definition) is 5. The summed E-state index contributed by atoms with van der Waals surface area (Å²) in [7, 11) is 1.58. The van der Waals surface area contributed by atoms with Crippen LogP contribution in [0.2, 0.25) is 5.02 Å². The van der Waals surface area contributed by atoms with E-state index >= 15 is 0 Å². The summed E-state index contributed by atoms with van der Waals surface area (Å²) in [5, 5.41) is 0.602. The van der Waals surface area contributed by atoms with Crippen LogP contribution in [0.5, 0.6) is 5.75 Å². The Morgan fingerprint density at radius 3 is 2.83 bits per heavy atom. The molecule has 0 fully saturated rings. The molecule has 1 heterocycles. The lowest BCUT2D eigenvalue weighted by molar-refractivity contribution is 0.403. The lowest BCUT2D eigenvalue weighted by Crippen LogP contribution is -2.29. The van der Waals surface area contributed by atoms with Gasteiger partial charge in [-0.15, -0.1) is 0 Å². The second-order valence-corrected chi connectivity index (χ2v) is 4.05. The number of nitrogens with two attached hydrogens (primary N) is 1. The van der Waals surface area contributed by atoms with Gasteiger partial charge in [0.1, 0.15) is 5.75 Å². The third-order valence-corrected chi connectivity index (χ3v) is 2.79. The Hall–Kier alpha value is -1.69. The maximum atomic E-state index is 5.93. The first-order valence-electron chi connectivity index (χ1n) is 5.31. The van der Waals surface area contributed by atoms with E-state index in [1.54, 1.807) is 37.8 Å². The molecule has 1 atom stereocenters. The number of hydrogen-bond donors (Lipinski definition) is 2. The van der Waals surface area contributed by atoms with Gasteiger partial charge in [0, 0.05) is 23.0 Å². The SMILES string of the molecule is COc1cc(Cl)ccc1C(NN)c1cnccn1. The van der Waals surface area contributed by atoms with Gasteiger partial charge in [0.2, 0.25) is 0 Å². The van der Waals surface area contributed by atoms with Crippen LogP contribution in [0.15, 0.2) is 36.8 Å². The molecule has 1 unspecified atom stereocenters. The van der Waals surface area contributed by atoms with Crippen molar-refractivity contribution in [1.82, 2.24) is 15.4 Å². The van der Waals surface area contributed by atoms with Crippen molar-refractivity contribution in [3.8, 4) is 5.75 Å². The molecule has 0 bridgehead atoms. The number of methoxy groups -OCH3 is 1. The molecule has 0 aliphatic carbocycles. The lowest BCUT2D eigenvalue weighted by atomic mass is 10.0. The highest BCUT2D eigenvalue weighted by molar-refractivity contribution is 6.30. The molecule has 0 spiro atoms. The standard InChI is InChI=1S/C12H13ClN4O/c1-18-11-6-8(13)2-3-9(11)12(17-14)10-7-15-4-5-16-10/h2-7,12,17H,14H2,1H3. The Labute approximate surface area is 110 Å². The molecule has 1 aromatic carbocycles. The van der Waals surface area contributed by atoms with Crippen LogP contribution in [0, 0.1) is 0 Å². The Morgan fingerprint density at radius 1 is 1.39 bits per heavy atom. The third kappa shape index (κ3) is 2.59. The zero-order chi connectivity index (χ0) is 13.0. The topological polar surface area (TPSA) is 73.1 Å². The van der Waals surface area contributed by atoms with Crippen molar-refractivity contribution < 1.29 is 4.74 Å². The first-order chi connectivity index (χ1) is 8.76. The number of ether oxygens (including phenoxy) is 1. The second-order valence-electron chi connectivity index (χ2n) is 3.62. The van der Waals surface area contributed by atoms with Gasteiger partial charge >= 0.3 is 0 Å². The molecule has 0 radical (unpaired) electrons. The molecule has 1 aromatic heterocycles. The second kappa shape index (κ2) is 5.77. The number of halogens is 1.